The zero-order valence-corrected chi connectivity index (χ0v) is 21.1. The van der Waals surface area contributed by atoms with E-state index >= 15 is 0 Å². The Hall–Kier alpha value is -3.27. The molecule has 1 aromatic heterocycles. The van der Waals surface area contributed by atoms with Gasteiger partial charge in [0.15, 0.2) is 11.6 Å². The summed E-state index contributed by atoms with van der Waals surface area (Å²) in [4.78, 5) is 50.1. The van der Waals surface area contributed by atoms with E-state index in [0.717, 1.165) is 25.0 Å². The number of amides is 2. The molecule has 2 aliphatic rings. The molecule has 0 saturated heterocycles. The molecule has 0 unspecified atom stereocenters. The van der Waals surface area contributed by atoms with Gasteiger partial charge in [0.25, 0.3) is 17.6 Å². The maximum atomic E-state index is 13.6. The molecular weight excluding hydrogens is 508 g/mol. The van der Waals surface area contributed by atoms with Crippen molar-refractivity contribution < 1.29 is 33.1 Å². The molecule has 1 fully saturated rings. The Labute approximate surface area is 217 Å². The molecular formula is C26H28ClF2N3O5. The minimum absolute atomic E-state index is 0.0235. The number of carboxylic acids is 1. The first-order valence-corrected chi connectivity index (χ1v) is 12.6. The fourth-order valence-corrected chi connectivity index (χ4v) is 5.64. The van der Waals surface area contributed by atoms with Crippen molar-refractivity contribution in [3.63, 3.8) is 0 Å². The van der Waals surface area contributed by atoms with Crippen LogP contribution in [-0.2, 0) is 22.6 Å². The van der Waals surface area contributed by atoms with E-state index < -0.39 is 40.7 Å². The van der Waals surface area contributed by atoms with Crippen LogP contribution in [0.2, 0.25) is 5.02 Å². The average Bonchev–Trinajstić information content (AvgIpc) is 3.40. The number of carbonyl (C=O) groups is 4. The van der Waals surface area contributed by atoms with Gasteiger partial charge in [-0.3, -0.25) is 19.2 Å². The molecule has 0 bridgehead atoms. The Balaban J connectivity index is 1.49. The summed E-state index contributed by atoms with van der Waals surface area (Å²) in [5, 5.41) is 14.1. The van der Waals surface area contributed by atoms with Crippen LogP contribution >= 0.6 is 11.6 Å². The summed E-state index contributed by atoms with van der Waals surface area (Å²) in [6.07, 6.45) is 4.51. The van der Waals surface area contributed by atoms with Crippen LogP contribution < -0.4 is 10.6 Å². The van der Waals surface area contributed by atoms with E-state index in [1.54, 1.807) is 4.57 Å². The van der Waals surface area contributed by atoms with Gasteiger partial charge in [0.1, 0.15) is 5.69 Å². The number of carbonyl (C=O) groups excluding carboxylic acids is 3. The third-order valence-corrected chi connectivity index (χ3v) is 7.69. The predicted molar refractivity (Wildman–Crippen MR) is 132 cm³/mol. The van der Waals surface area contributed by atoms with Crippen LogP contribution in [0.1, 0.15) is 78.4 Å². The quantitative estimate of drug-likeness (QED) is 0.334. The van der Waals surface area contributed by atoms with Crippen LogP contribution in [0, 0.1) is 17.6 Å². The lowest BCUT2D eigenvalue weighted by Gasteiger charge is -2.37. The Morgan fingerprint density at radius 3 is 2.51 bits per heavy atom. The smallest absolute Gasteiger partial charge is 0.303 e. The first-order chi connectivity index (χ1) is 17.5. The number of hydrogen-bond acceptors (Lipinski definition) is 4. The maximum absolute atomic E-state index is 13.6. The standard InChI is InChI=1S/C26H28ClF2N3O5/c1-26(10-8-14(9-11-26)4-7-19(33)34)31-25(37)23(35)22-21(27)20(18-3-2-12-32(18)22)24(36)30-15-5-6-16(28)17(29)13-15/h5-6,13-14H,2-4,7-12H2,1H3,(H,30,36)(H,31,37)(H,33,34). The number of Topliss-reactive ketones (excluding diaryl/α,β-unsaturated/α-hetero) is 1. The van der Waals surface area contributed by atoms with Gasteiger partial charge in [0, 0.05) is 36.0 Å². The maximum Gasteiger partial charge on any atom is 0.303 e. The third-order valence-electron chi connectivity index (χ3n) is 7.32. The monoisotopic (exact) mass is 535 g/mol. The molecule has 1 aromatic carbocycles. The lowest BCUT2D eigenvalue weighted by molar-refractivity contribution is -0.137. The summed E-state index contributed by atoms with van der Waals surface area (Å²) >= 11 is 6.50. The van der Waals surface area contributed by atoms with Crippen LogP contribution in [0.5, 0.6) is 0 Å². The summed E-state index contributed by atoms with van der Waals surface area (Å²) in [6, 6.07) is 2.93. The largest absolute Gasteiger partial charge is 0.481 e. The number of anilines is 1. The zero-order valence-electron chi connectivity index (χ0n) is 20.3. The zero-order chi connectivity index (χ0) is 26.9. The van der Waals surface area contributed by atoms with Crippen molar-refractivity contribution in [3.8, 4) is 0 Å². The number of nitrogens with zero attached hydrogens (tertiary/aromatic N) is 1. The molecule has 8 nitrogen and oxygen atoms in total. The number of halogens is 3. The van der Waals surface area contributed by atoms with E-state index in [0.29, 0.717) is 44.3 Å². The normalized spacial score (nSPS) is 20.8. The number of hydrogen-bond donors (Lipinski definition) is 3. The van der Waals surface area contributed by atoms with Crippen LogP contribution in [0.3, 0.4) is 0 Å². The fraction of sp³-hybridized carbons (Fsp3) is 0.462. The first-order valence-electron chi connectivity index (χ1n) is 12.2. The van der Waals surface area contributed by atoms with Crippen LogP contribution in [0.25, 0.3) is 0 Å². The Bertz CT molecular complexity index is 1270. The number of rotatable bonds is 8. The third kappa shape index (κ3) is 5.69. The molecule has 3 N–H and O–H groups in total. The second kappa shape index (κ2) is 10.6. The number of fused-ring (bicyclic) bond motifs is 1. The Morgan fingerprint density at radius 2 is 1.86 bits per heavy atom. The molecule has 1 saturated carbocycles. The molecule has 198 valence electrons. The van der Waals surface area contributed by atoms with Crippen LogP contribution in [0.4, 0.5) is 14.5 Å². The summed E-state index contributed by atoms with van der Waals surface area (Å²) in [5.74, 6) is -5.11. The van der Waals surface area contributed by atoms with Crippen molar-refractivity contribution in [2.24, 2.45) is 5.92 Å². The summed E-state index contributed by atoms with van der Waals surface area (Å²) in [6.45, 7) is 2.26. The average molecular weight is 536 g/mol. The van der Waals surface area contributed by atoms with Crippen LogP contribution in [0.15, 0.2) is 18.2 Å². The fourth-order valence-electron chi connectivity index (χ4n) is 5.26. The summed E-state index contributed by atoms with van der Waals surface area (Å²) in [5.41, 5.74) is -0.125. The molecule has 37 heavy (non-hydrogen) atoms. The van der Waals surface area contributed by atoms with Crippen molar-refractivity contribution >= 4 is 40.9 Å². The SMILES string of the molecule is CC1(NC(=O)C(=O)c2c(Cl)c(C(=O)Nc3ccc(F)c(F)c3)c3n2CCC3)CCC(CCC(=O)O)CC1. The highest BCUT2D eigenvalue weighted by molar-refractivity contribution is 6.48. The second-order valence-electron chi connectivity index (χ2n) is 10.0. The number of nitrogens with one attached hydrogen (secondary N) is 2. The van der Waals surface area contributed by atoms with Gasteiger partial charge in [-0.25, -0.2) is 8.78 Å². The Kier molecular flexibility index (Phi) is 7.68. The van der Waals surface area contributed by atoms with Gasteiger partial charge in [0.05, 0.1) is 10.6 Å². The van der Waals surface area contributed by atoms with E-state index in [1.165, 1.54) is 6.07 Å². The highest BCUT2D eigenvalue weighted by atomic mass is 35.5. The number of carboxylic acid groups (broad SMARTS) is 1. The minimum atomic E-state index is -1.12. The van der Waals surface area contributed by atoms with Gasteiger partial charge < -0.3 is 20.3 Å². The topological polar surface area (TPSA) is 117 Å². The highest BCUT2D eigenvalue weighted by Crippen LogP contribution is 2.36. The molecule has 0 spiro atoms. The molecule has 1 aliphatic heterocycles. The van der Waals surface area contributed by atoms with Crippen molar-refractivity contribution in [1.29, 1.82) is 0 Å². The molecule has 0 atom stereocenters. The number of aromatic nitrogens is 1. The second-order valence-corrected chi connectivity index (χ2v) is 10.4. The predicted octanol–water partition coefficient (Wildman–Crippen LogP) is 4.73. The number of benzene rings is 1. The molecule has 2 amide bonds. The van der Waals surface area contributed by atoms with E-state index in [1.807, 2.05) is 6.92 Å². The van der Waals surface area contributed by atoms with E-state index in [-0.39, 0.29) is 34.3 Å². The minimum Gasteiger partial charge on any atom is -0.481 e. The van der Waals surface area contributed by atoms with E-state index in [4.69, 9.17) is 16.7 Å². The van der Waals surface area contributed by atoms with Gasteiger partial charge in [-0.05, 0) is 69.9 Å². The summed E-state index contributed by atoms with van der Waals surface area (Å²) in [7, 11) is 0. The van der Waals surface area contributed by atoms with E-state index in [9.17, 15) is 28.0 Å². The molecule has 1 aliphatic carbocycles. The van der Waals surface area contributed by atoms with Crippen molar-refractivity contribution in [2.75, 3.05) is 5.32 Å². The van der Waals surface area contributed by atoms with Crippen molar-refractivity contribution in [3.05, 3.63) is 51.8 Å². The molecule has 2 aromatic rings. The summed E-state index contributed by atoms with van der Waals surface area (Å²) < 4.78 is 28.4. The van der Waals surface area contributed by atoms with Crippen molar-refractivity contribution in [1.82, 2.24) is 9.88 Å². The van der Waals surface area contributed by atoms with Gasteiger partial charge in [0.2, 0.25) is 0 Å². The van der Waals surface area contributed by atoms with Crippen LogP contribution in [-0.4, -0.2) is 38.8 Å². The molecule has 4 rings (SSSR count). The molecule has 11 heteroatoms. The lowest BCUT2D eigenvalue weighted by Crippen LogP contribution is -2.50. The van der Waals surface area contributed by atoms with Gasteiger partial charge in [-0.2, -0.15) is 0 Å². The number of aliphatic carboxylic acids is 1. The van der Waals surface area contributed by atoms with E-state index in [2.05, 4.69) is 10.6 Å². The van der Waals surface area contributed by atoms with Gasteiger partial charge in [-0.1, -0.05) is 11.6 Å². The first kappa shape index (κ1) is 26.8. The van der Waals surface area contributed by atoms with Gasteiger partial charge >= 0.3 is 5.97 Å². The van der Waals surface area contributed by atoms with Crippen molar-refractivity contribution in [2.45, 2.75) is 70.4 Å². The highest BCUT2D eigenvalue weighted by Gasteiger charge is 2.38. The number of ketones is 1. The lowest BCUT2D eigenvalue weighted by atomic mass is 9.76. The Morgan fingerprint density at radius 1 is 1.16 bits per heavy atom. The van der Waals surface area contributed by atoms with Gasteiger partial charge in [-0.15, -0.1) is 0 Å². The molecule has 0 radical (unpaired) electrons. The molecule has 2 heterocycles.